The zero-order valence-corrected chi connectivity index (χ0v) is 14.8. The molecule has 5 heteroatoms. The van der Waals surface area contributed by atoms with Gasteiger partial charge in [0.1, 0.15) is 11.9 Å². The second-order valence-corrected chi connectivity index (χ2v) is 6.91. The van der Waals surface area contributed by atoms with Crippen molar-refractivity contribution in [3.05, 3.63) is 30.3 Å². The van der Waals surface area contributed by atoms with Crippen LogP contribution in [0, 0.1) is 5.41 Å². The van der Waals surface area contributed by atoms with Crippen LogP contribution in [0.25, 0.3) is 0 Å². The predicted octanol–water partition coefficient (Wildman–Crippen LogP) is 2.53. The van der Waals surface area contributed by atoms with Crippen LogP contribution in [0.4, 0.5) is 0 Å². The monoisotopic (exact) mass is 331 g/mol. The minimum atomic E-state index is 0.0485. The molecule has 0 saturated carbocycles. The second-order valence-electron chi connectivity index (χ2n) is 6.91. The van der Waals surface area contributed by atoms with Crippen molar-refractivity contribution >= 4 is 5.96 Å². The van der Waals surface area contributed by atoms with E-state index in [1.807, 2.05) is 30.3 Å². The average Bonchev–Trinajstić information content (AvgIpc) is 3.23. The van der Waals surface area contributed by atoms with Crippen LogP contribution in [0.15, 0.2) is 35.3 Å². The fourth-order valence-electron chi connectivity index (χ4n) is 3.50. The van der Waals surface area contributed by atoms with E-state index in [1.54, 1.807) is 0 Å². The quantitative estimate of drug-likeness (QED) is 0.665. The molecule has 2 fully saturated rings. The Morgan fingerprint density at radius 1 is 1.38 bits per heavy atom. The number of para-hydroxylation sites is 1. The molecule has 0 bridgehead atoms. The molecule has 0 aliphatic carbocycles. The first-order chi connectivity index (χ1) is 11.7. The maximum absolute atomic E-state index is 5.93. The molecule has 1 aromatic carbocycles. The van der Waals surface area contributed by atoms with E-state index < -0.39 is 0 Å². The highest BCUT2D eigenvalue weighted by atomic mass is 16.5. The molecule has 132 valence electrons. The van der Waals surface area contributed by atoms with E-state index >= 15 is 0 Å². The van der Waals surface area contributed by atoms with Crippen molar-refractivity contribution in [1.82, 2.24) is 10.2 Å². The van der Waals surface area contributed by atoms with E-state index in [9.17, 15) is 0 Å². The highest BCUT2D eigenvalue weighted by Crippen LogP contribution is 2.38. The molecule has 2 aliphatic heterocycles. The number of ether oxygens (including phenoxy) is 2. The van der Waals surface area contributed by atoms with Crippen molar-refractivity contribution in [2.24, 2.45) is 10.4 Å². The summed E-state index contributed by atoms with van der Waals surface area (Å²) in [5.74, 6) is 1.90. The number of hydrogen-bond donors (Lipinski definition) is 1. The fourth-order valence-corrected chi connectivity index (χ4v) is 3.50. The average molecular weight is 331 g/mol. The Morgan fingerprint density at radius 3 is 2.92 bits per heavy atom. The summed E-state index contributed by atoms with van der Waals surface area (Å²) in [5, 5.41) is 3.43. The summed E-state index contributed by atoms with van der Waals surface area (Å²) in [6.07, 6.45) is 2.43. The Hall–Kier alpha value is -1.75. The third-order valence-corrected chi connectivity index (χ3v) is 4.84. The van der Waals surface area contributed by atoms with Crippen molar-refractivity contribution in [1.29, 1.82) is 0 Å². The number of rotatable bonds is 5. The number of hydrogen-bond acceptors (Lipinski definition) is 3. The first-order valence-corrected chi connectivity index (χ1v) is 9.03. The molecule has 24 heavy (non-hydrogen) atoms. The number of likely N-dealkylation sites (tertiary alicyclic amines) is 1. The van der Waals surface area contributed by atoms with Crippen LogP contribution in [0.1, 0.15) is 26.7 Å². The van der Waals surface area contributed by atoms with Gasteiger partial charge in [0.25, 0.3) is 0 Å². The van der Waals surface area contributed by atoms with Gasteiger partial charge in [0, 0.05) is 31.7 Å². The van der Waals surface area contributed by atoms with Crippen molar-refractivity contribution in [3.8, 4) is 5.75 Å². The lowest BCUT2D eigenvalue weighted by Gasteiger charge is -2.25. The van der Waals surface area contributed by atoms with Crippen LogP contribution in [0.5, 0.6) is 5.75 Å². The number of benzene rings is 1. The van der Waals surface area contributed by atoms with Gasteiger partial charge in [-0.2, -0.15) is 0 Å². The largest absolute Gasteiger partial charge is 0.489 e. The van der Waals surface area contributed by atoms with E-state index in [-0.39, 0.29) is 6.10 Å². The minimum absolute atomic E-state index is 0.0485. The lowest BCUT2D eigenvalue weighted by atomic mass is 9.87. The molecule has 2 saturated heterocycles. The van der Waals surface area contributed by atoms with Crippen LogP contribution in [0.2, 0.25) is 0 Å². The number of guanidine groups is 1. The molecule has 0 aromatic heterocycles. The van der Waals surface area contributed by atoms with Gasteiger partial charge in [-0.05, 0) is 38.8 Å². The molecule has 2 unspecified atom stereocenters. The molecule has 1 N–H and O–H groups in total. The number of aliphatic imine (C=N–C) groups is 1. The molecule has 2 heterocycles. The minimum Gasteiger partial charge on any atom is -0.489 e. The van der Waals surface area contributed by atoms with Crippen LogP contribution in [-0.4, -0.2) is 56.4 Å². The normalized spacial score (nSPS) is 25.2. The maximum atomic E-state index is 5.93. The SMILES string of the molecule is CCNC(=NCC(C)Oc1ccccc1)N1CCC2(CCOC2)C1. The first kappa shape index (κ1) is 17.1. The maximum Gasteiger partial charge on any atom is 0.194 e. The Balaban J connectivity index is 1.57. The van der Waals surface area contributed by atoms with Gasteiger partial charge < -0.3 is 19.7 Å². The second kappa shape index (κ2) is 7.88. The smallest absolute Gasteiger partial charge is 0.194 e. The highest BCUT2D eigenvalue weighted by Gasteiger charge is 2.42. The van der Waals surface area contributed by atoms with E-state index in [0.29, 0.717) is 12.0 Å². The van der Waals surface area contributed by atoms with E-state index in [0.717, 1.165) is 44.6 Å². The standard InChI is InChI=1S/C19H29N3O2/c1-3-20-18(22-11-9-19(14-22)10-12-23-15-19)21-13-16(2)24-17-7-5-4-6-8-17/h4-8,16H,3,9-15H2,1-2H3,(H,20,21). The van der Waals surface area contributed by atoms with Crippen LogP contribution < -0.4 is 10.1 Å². The van der Waals surface area contributed by atoms with E-state index in [2.05, 4.69) is 24.1 Å². The molecule has 0 amide bonds. The number of nitrogens with zero attached hydrogens (tertiary/aromatic N) is 2. The molecule has 2 atom stereocenters. The summed E-state index contributed by atoms with van der Waals surface area (Å²) in [4.78, 5) is 7.19. The zero-order chi connectivity index (χ0) is 16.8. The molecule has 3 rings (SSSR count). The van der Waals surface area contributed by atoms with Gasteiger partial charge in [0.2, 0.25) is 0 Å². The molecular formula is C19H29N3O2. The predicted molar refractivity (Wildman–Crippen MR) is 96.6 cm³/mol. The van der Waals surface area contributed by atoms with E-state index in [1.165, 1.54) is 12.8 Å². The van der Waals surface area contributed by atoms with Crippen LogP contribution in [0.3, 0.4) is 0 Å². The zero-order valence-electron chi connectivity index (χ0n) is 14.8. The lowest BCUT2D eigenvalue weighted by molar-refractivity contribution is 0.156. The van der Waals surface area contributed by atoms with Crippen molar-refractivity contribution in [2.75, 3.05) is 39.4 Å². The van der Waals surface area contributed by atoms with E-state index in [4.69, 9.17) is 14.5 Å². The van der Waals surface area contributed by atoms with Gasteiger partial charge in [-0.3, -0.25) is 0 Å². The van der Waals surface area contributed by atoms with Crippen molar-refractivity contribution in [2.45, 2.75) is 32.8 Å². The van der Waals surface area contributed by atoms with Crippen LogP contribution in [-0.2, 0) is 4.74 Å². The molecule has 1 spiro atoms. The highest BCUT2D eigenvalue weighted by molar-refractivity contribution is 5.80. The van der Waals surface area contributed by atoms with Crippen molar-refractivity contribution < 1.29 is 9.47 Å². The van der Waals surface area contributed by atoms with Crippen molar-refractivity contribution in [3.63, 3.8) is 0 Å². The van der Waals surface area contributed by atoms with Gasteiger partial charge in [0.05, 0.1) is 13.2 Å². The summed E-state index contributed by atoms with van der Waals surface area (Å²) < 4.78 is 11.6. The Labute approximate surface area is 145 Å². The molecule has 5 nitrogen and oxygen atoms in total. The first-order valence-electron chi connectivity index (χ1n) is 9.03. The third-order valence-electron chi connectivity index (χ3n) is 4.84. The summed E-state index contributed by atoms with van der Waals surface area (Å²) in [7, 11) is 0. The lowest BCUT2D eigenvalue weighted by Crippen LogP contribution is -2.42. The molecular weight excluding hydrogens is 302 g/mol. The van der Waals surface area contributed by atoms with Gasteiger partial charge in [-0.25, -0.2) is 4.99 Å². The summed E-state index contributed by atoms with van der Waals surface area (Å²) in [6, 6.07) is 9.94. The Kier molecular flexibility index (Phi) is 5.61. The van der Waals surface area contributed by atoms with Crippen LogP contribution >= 0.6 is 0 Å². The van der Waals surface area contributed by atoms with Gasteiger partial charge >= 0.3 is 0 Å². The molecule has 1 aromatic rings. The fraction of sp³-hybridized carbons (Fsp3) is 0.632. The topological polar surface area (TPSA) is 46.1 Å². The summed E-state index contributed by atoms with van der Waals surface area (Å²) >= 11 is 0. The third kappa shape index (κ3) is 4.20. The Bertz CT molecular complexity index is 541. The molecule has 2 aliphatic rings. The Morgan fingerprint density at radius 2 is 2.21 bits per heavy atom. The molecule has 0 radical (unpaired) electrons. The summed E-state index contributed by atoms with van der Waals surface area (Å²) in [5.41, 5.74) is 0.350. The van der Waals surface area contributed by atoms with Gasteiger partial charge in [-0.1, -0.05) is 18.2 Å². The van der Waals surface area contributed by atoms with Gasteiger partial charge in [-0.15, -0.1) is 0 Å². The summed E-state index contributed by atoms with van der Waals surface area (Å²) in [6.45, 7) is 9.63. The number of nitrogens with one attached hydrogen (secondary N) is 1. The van der Waals surface area contributed by atoms with Gasteiger partial charge in [0.15, 0.2) is 5.96 Å².